The lowest BCUT2D eigenvalue weighted by Gasteiger charge is -2.33. The van der Waals surface area contributed by atoms with Crippen molar-refractivity contribution in [3.63, 3.8) is 0 Å². The van der Waals surface area contributed by atoms with Crippen molar-refractivity contribution in [2.75, 3.05) is 26.2 Å². The van der Waals surface area contributed by atoms with Gasteiger partial charge < -0.3 is 9.47 Å². The predicted molar refractivity (Wildman–Crippen MR) is 91.3 cm³/mol. The number of aromatic nitrogens is 1. The Morgan fingerprint density at radius 1 is 1.00 bits per heavy atom. The molecule has 1 aromatic carbocycles. The molecule has 7 heteroatoms. The highest BCUT2D eigenvalue weighted by molar-refractivity contribution is 7.89. The first-order valence-corrected chi connectivity index (χ1v) is 9.30. The molecule has 6 nitrogen and oxygen atoms in total. The zero-order valence-electron chi connectivity index (χ0n) is 13.8. The van der Waals surface area contributed by atoms with Crippen molar-refractivity contribution >= 4 is 15.9 Å². The number of carbonyl (C=O) groups is 1. The van der Waals surface area contributed by atoms with Crippen LogP contribution in [0.5, 0.6) is 0 Å². The molecule has 1 amide bonds. The van der Waals surface area contributed by atoms with Crippen molar-refractivity contribution in [3.8, 4) is 0 Å². The number of hydrogen-bond acceptors (Lipinski definition) is 3. The largest absolute Gasteiger partial charge is 0.356 e. The normalized spacial score (nSPS) is 16.3. The minimum Gasteiger partial charge on any atom is -0.356 e. The molecule has 0 unspecified atom stereocenters. The van der Waals surface area contributed by atoms with Gasteiger partial charge in [-0.1, -0.05) is 17.7 Å². The quantitative estimate of drug-likeness (QED) is 0.845. The summed E-state index contributed by atoms with van der Waals surface area (Å²) in [5.41, 5.74) is 1.65. The topological polar surface area (TPSA) is 62.6 Å². The van der Waals surface area contributed by atoms with Gasteiger partial charge in [0.2, 0.25) is 10.0 Å². The van der Waals surface area contributed by atoms with Crippen LogP contribution in [0, 0.1) is 6.92 Å². The van der Waals surface area contributed by atoms with Gasteiger partial charge in [-0.3, -0.25) is 4.79 Å². The molecule has 0 radical (unpaired) electrons. The lowest BCUT2D eigenvalue weighted by atomic mass is 10.2. The Morgan fingerprint density at radius 2 is 1.62 bits per heavy atom. The molecule has 2 heterocycles. The van der Waals surface area contributed by atoms with E-state index in [1.54, 1.807) is 41.4 Å². The third kappa shape index (κ3) is 3.22. The summed E-state index contributed by atoms with van der Waals surface area (Å²) >= 11 is 0. The highest BCUT2D eigenvalue weighted by atomic mass is 32.2. The molecule has 0 bridgehead atoms. The fourth-order valence-corrected chi connectivity index (χ4v) is 4.23. The Morgan fingerprint density at radius 3 is 2.17 bits per heavy atom. The fourth-order valence-electron chi connectivity index (χ4n) is 2.80. The first-order chi connectivity index (χ1) is 11.4. The maximum atomic E-state index is 12.7. The molecule has 1 aliphatic heterocycles. The molecule has 3 rings (SSSR count). The number of sulfonamides is 1. The highest BCUT2D eigenvalue weighted by Crippen LogP contribution is 2.19. The number of carbonyl (C=O) groups excluding carboxylic acids is 1. The minimum atomic E-state index is -3.50. The van der Waals surface area contributed by atoms with Crippen molar-refractivity contribution < 1.29 is 13.2 Å². The number of nitrogens with zero attached hydrogens (tertiary/aromatic N) is 3. The van der Waals surface area contributed by atoms with Crippen LogP contribution in [0.15, 0.2) is 47.6 Å². The predicted octanol–water partition coefficient (Wildman–Crippen LogP) is 1.48. The third-order valence-corrected chi connectivity index (χ3v) is 6.18. The molecule has 0 spiro atoms. The molecule has 1 fully saturated rings. The SMILES string of the molecule is Cc1ccc(S(=O)(=O)N2CCN(C(=O)c3ccn(C)c3)CC2)cc1. The number of piperazine rings is 1. The Hall–Kier alpha value is -2.12. The summed E-state index contributed by atoms with van der Waals surface area (Å²) in [4.78, 5) is 14.4. The number of amides is 1. The van der Waals surface area contributed by atoms with E-state index in [2.05, 4.69) is 0 Å². The molecule has 128 valence electrons. The van der Waals surface area contributed by atoms with E-state index >= 15 is 0 Å². The van der Waals surface area contributed by atoms with E-state index in [0.29, 0.717) is 36.6 Å². The first kappa shape index (κ1) is 16.7. The lowest BCUT2D eigenvalue weighted by molar-refractivity contribution is 0.0698. The fraction of sp³-hybridized carbons (Fsp3) is 0.353. The Labute approximate surface area is 142 Å². The minimum absolute atomic E-state index is 0.0528. The summed E-state index contributed by atoms with van der Waals surface area (Å²) in [5, 5.41) is 0. The van der Waals surface area contributed by atoms with Crippen LogP contribution in [-0.4, -0.2) is 54.3 Å². The second kappa shape index (κ2) is 6.41. The van der Waals surface area contributed by atoms with E-state index < -0.39 is 10.0 Å². The average Bonchev–Trinajstić information content (AvgIpc) is 3.01. The van der Waals surface area contributed by atoms with Crippen molar-refractivity contribution in [1.82, 2.24) is 13.8 Å². The second-order valence-electron chi connectivity index (χ2n) is 6.07. The van der Waals surface area contributed by atoms with Gasteiger partial charge in [0, 0.05) is 45.6 Å². The first-order valence-electron chi connectivity index (χ1n) is 7.86. The maximum Gasteiger partial charge on any atom is 0.255 e. The van der Waals surface area contributed by atoms with E-state index in [0.717, 1.165) is 5.56 Å². The molecule has 0 saturated carbocycles. The molecule has 0 aliphatic carbocycles. The summed E-state index contributed by atoms with van der Waals surface area (Å²) in [6.45, 7) is 3.35. The van der Waals surface area contributed by atoms with Crippen molar-refractivity contribution in [3.05, 3.63) is 53.9 Å². The van der Waals surface area contributed by atoms with Crippen LogP contribution in [0.25, 0.3) is 0 Å². The van der Waals surface area contributed by atoms with Crippen LogP contribution < -0.4 is 0 Å². The van der Waals surface area contributed by atoms with E-state index in [1.807, 2.05) is 24.7 Å². The molecule has 0 atom stereocenters. The van der Waals surface area contributed by atoms with E-state index in [4.69, 9.17) is 0 Å². The lowest BCUT2D eigenvalue weighted by Crippen LogP contribution is -2.50. The summed E-state index contributed by atoms with van der Waals surface area (Å²) in [7, 11) is -1.63. The molecule has 2 aromatic rings. The van der Waals surface area contributed by atoms with Crippen molar-refractivity contribution in [2.45, 2.75) is 11.8 Å². The molecule has 1 saturated heterocycles. The van der Waals surface area contributed by atoms with Gasteiger partial charge in [-0.05, 0) is 25.1 Å². The van der Waals surface area contributed by atoms with Gasteiger partial charge in [-0.2, -0.15) is 4.31 Å². The number of rotatable bonds is 3. The van der Waals surface area contributed by atoms with Crippen LogP contribution in [0.1, 0.15) is 15.9 Å². The van der Waals surface area contributed by atoms with Crippen LogP contribution >= 0.6 is 0 Å². The van der Waals surface area contributed by atoms with Crippen molar-refractivity contribution in [1.29, 1.82) is 0 Å². The van der Waals surface area contributed by atoms with E-state index in [-0.39, 0.29) is 5.91 Å². The van der Waals surface area contributed by atoms with Crippen LogP contribution in [-0.2, 0) is 17.1 Å². The molecule has 1 aromatic heterocycles. The van der Waals surface area contributed by atoms with Gasteiger partial charge in [0.25, 0.3) is 5.91 Å². The second-order valence-corrected chi connectivity index (χ2v) is 8.01. The molecular weight excluding hydrogens is 326 g/mol. The van der Waals surface area contributed by atoms with Gasteiger partial charge in [0.1, 0.15) is 0 Å². The Kier molecular flexibility index (Phi) is 4.47. The van der Waals surface area contributed by atoms with Gasteiger partial charge in [-0.25, -0.2) is 8.42 Å². The monoisotopic (exact) mass is 347 g/mol. The van der Waals surface area contributed by atoms with Gasteiger partial charge in [-0.15, -0.1) is 0 Å². The van der Waals surface area contributed by atoms with Crippen LogP contribution in [0.3, 0.4) is 0 Å². The van der Waals surface area contributed by atoms with Crippen molar-refractivity contribution in [2.24, 2.45) is 7.05 Å². The molecular formula is C17H21N3O3S. The smallest absolute Gasteiger partial charge is 0.255 e. The molecule has 0 N–H and O–H groups in total. The van der Waals surface area contributed by atoms with E-state index in [9.17, 15) is 13.2 Å². The standard InChI is InChI=1S/C17H21N3O3S/c1-14-3-5-16(6-4-14)24(22,23)20-11-9-19(10-12-20)17(21)15-7-8-18(2)13-15/h3-8,13H,9-12H2,1-2H3. The summed E-state index contributed by atoms with van der Waals surface area (Å²) in [6.07, 6.45) is 3.60. The summed E-state index contributed by atoms with van der Waals surface area (Å²) in [5.74, 6) is -0.0528. The number of benzene rings is 1. The summed E-state index contributed by atoms with van der Waals surface area (Å²) < 4.78 is 28.6. The maximum absolute atomic E-state index is 12.7. The number of aryl methyl sites for hydroxylation is 2. The Bertz CT molecular complexity index is 832. The summed E-state index contributed by atoms with van der Waals surface area (Å²) in [6, 6.07) is 8.63. The van der Waals surface area contributed by atoms with Gasteiger partial charge >= 0.3 is 0 Å². The highest BCUT2D eigenvalue weighted by Gasteiger charge is 2.30. The van der Waals surface area contributed by atoms with E-state index in [1.165, 1.54) is 4.31 Å². The zero-order chi connectivity index (χ0) is 17.3. The zero-order valence-corrected chi connectivity index (χ0v) is 14.7. The van der Waals surface area contributed by atoms with Crippen LogP contribution in [0.4, 0.5) is 0 Å². The third-order valence-electron chi connectivity index (χ3n) is 4.26. The van der Waals surface area contributed by atoms with Gasteiger partial charge in [0.15, 0.2) is 0 Å². The average molecular weight is 347 g/mol. The van der Waals surface area contributed by atoms with Crippen LogP contribution in [0.2, 0.25) is 0 Å². The molecule has 1 aliphatic rings. The molecule has 24 heavy (non-hydrogen) atoms. The van der Waals surface area contributed by atoms with Gasteiger partial charge in [0.05, 0.1) is 10.5 Å². The number of hydrogen-bond donors (Lipinski definition) is 0. The Balaban J connectivity index is 1.68.